The average Bonchev–Trinajstić information content (AvgIpc) is 2.94. The van der Waals surface area contributed by atoms with E-state index >= 15 is 0 Å². The number of carbonyl (C=O) groups is 1. The number of anilines is 2. The fourth-order valence-corrected chi connectivity index (χ4v) is 2.69. The fraction of sp³-hybridized carbons (Fsp3) is 0.278. The number of para-hydroxylation sites is 1. The summed E-state index contributed by atoms with van der Waals surface area (Å²) in [7, 11) is 3.78. The predicted octanol–water partition coefficient (Wildman–Crippen LogP) is 2.75. The highest BCUT2D eigenvalue weighted by Gasteiger charge is 2.13. The van der Waals surface area contributed by atoms with Crippen molar-refractivity contribution in [1.82, 2.24) is 14.5 Å². The molecule has 0 atom stereocenters. The molecular weight excluding hydrogens is 302 g/mol. The van der Waals surface area contributed by atoms with Crippen molar-refractivity contribution in [3.8, 4) is 0 Å². The second kappa shape index (κ2) is 6.31. The lowest BCUT2D eigenvalue weighted by Gasteiger charge is -2.16. The number of carbonyl (C=O) groups excluding carboxylic acids is 1. The van der Waals surface area contributed by atoms with Crippen LogP contribution < -0.4 is 10.2 Å². The first-order chi connectivity index (χ1) is 11.5. The fourth-order valence-electron chi connectivity index (χ4n) is 2.69. The highest BCUT2D eigenvalue weighted by atomic mass is 16.1. The molecule has 0 saturated carbocycles. The summed E-state index contributed by atoms with van der Waals surface area (Å²) < 4.78 is 1.93. The smallest absolute Gasteiger partial charge is 0.244 e. The molecular formula is C18H21N5O. The minimum absolute atomic E-state index is 0.0937. The van der Waals surface area contributed by atoms with Gasteiger partial charge in [0, 0.05) is 25.8 Å². The molecule has 6 heteroatoms. The third kappa shape index (κ3) is 3.08. The molecule has 6 nitrogen and oxygen atoms in total. The molecule has 0 aliphatic carbocycles. The van der Waals surface area contributed by atoms with Gasteiger partial charge in [0.25, 0.3) is 0 Å². The van der Waals surface area contributed by atoms with E-state index in [2.05, 4.69) is 15.3 Å². The molecule has 0 aliphatic rings. The number of aromatic nitrogens is 3. The number of hydrogen-bond acceptors (Lipinski definition) is 4. The van der Waals surface area contributed by atoms with E-state index in [9.17, 15) is 4.79 Å². The van der Waals surface area contributed by atoms with Gasteiger partial charge in [0.15, 0.2) is 0 Å². The number of nitrogens with one attached hydrogen (secondary N) is 1. The van der Waals surface area contributed by atoms with Crippen molar-refractivity contribution in [3.63, 3.8) is 0 Å². The maximum Gasteiger partial charge on any atom is 0.244 e. The molecule has 0 saturated heterocycles. The number of rotatable bonds is 4. The second-order valence-electron chi connectivity index (χ2n) is 6.01. The van der Waals surface area contributed by atoms with Gasteiger partial charge < -0.3 is 14.8 Å². The van der Waals surface area contributed by atoms with Crippen LogP contribution in [0.25, 0.3) is 10.9 Å². The molecule has 2 heterocycles. The Morgan fingerprint density at radius 1 is 1.12 bits per heavy atom. The first kappa shape index (κ1) is 16.0. The Hall–Kier alpha value is -2.89. The first-order valence-corrected chi connectivity index (χ1v) is 7.82. The number of amides is 1. The Kier molecular flexibility index (Phi) is 4.20. The van der Waals surface area contributed by atoms with Crippen molar-refractivity contribution in [1.29, 1.82) is 0 Å². The molecule has 0 spiro atoms. The van der Waals surface area contributed by atoms with Gasteiger partial charge in [0.05, 0.1) is 17.1 Å². The van der Waals surface area contributed by atoms with E-state index in [0.29, 0.717) is 11.6 Å². The number of fused-ring (bicyclic) bond motifs is 1. The minimum Gasteiger partial charge on any atom is -0.347 e. The highest BCUT2D eigenvalue weighted by molar-refractivity contribution is 5.93. The van der Waals surface area contributed by atoms with E-state index in [4.69, 9.17) is 0 Å². The van der Waals surface area contributed by atoms with Gasteiger partial charge in [-0.1, -0.05) is 18.2 Å². The predicted molar refractivity (Wildman–Crippen MR) is 96.4 cm³/mol. The summed E-state index contributed by atoms with van der Waals surface area (Å²) >= 11 is 0. The van der Waals surface area contributed by atoms with Crippen LogP contribution in [0.15, 0.2) is 36.5 Å². The topological polar surface area (TPSA) is 63.1 Å². The van der Waals surface area contributed by atoms with Crippen molar-refractivity contribution in [2.75, 3.05) is 24.3 Å². The summed E-state index contributed by atoms with van der Waals surface area (Å²) in [5, 5.41) is 4.07. The Morgan fingerprint density at radius 2 is 1.79 bits per heavy atom. The quantitative estimate of drug-likeness (QED) is 0.802. The van der Waals surface area contributed by atoms with Gasteiger partial charge in [0.2, 0.25) is 11.9 Å². The van der Waals surface area contributed by atoms with Crippen LogP contribution in [0.3, 0.4) is 0 Å². The van der Waals surface area contributed by atoms with Crippen molar-refractivity contribution >= 4 is 28.4 Å². The number of benzene rings is 1. The van der Waals surface area contributed by atoms with Crippen LogP contribution in [-0.4, -0.2) is 34.5 Å². The van der Waals surface area contributed by atoms with Gasteiger partial charge in [-0.25, -0.2) is 9.97 Å². The van der Waals surface area contributed by atoms with Crippen LogP contribution in [0.4, 0.5) is 11.6 Å². The SMILES string of the molecule is Cc1nc(N(C)C)nc(C)c1NC(=O)Cn1ccc2ccccc21. The van der Waals surface area contributed by atoms with Crippen LogP contribution in [0, 0.1) is 13.8 Å². The summed E-state index contributed by atoms with van der Waals surface area (Å²) in [6.45, 7) is 4.01. The molecule has 2 aromatic heterocycles. The summed E-state index contributed by atoms with van der Waals surface area (Å²) in [5.74, 6) is 0.545. The lowest BCUT2D eigenvalue weighted by molar-refractivity contribution is -0.116. The van der Waals surface area contributed by atoms with E-state index < -0.39 is 0 Å². The van der Waals surface area contributed by atoms with Crippen LogP contribution >= 0.6 is 0 Å². The Bertz CT molecular complexity index is 874. The standard InChI is InChI=1S/C18H21N5O/c1-12-17(13(2)20-18(19-12)22(3)4)21-16(24)11-23-10-9-14-7-5-6-8-15(14)23/h5-10H,11H2,1-4H3,(H,21,24). The van der Waals surface area contributed by atoms with Gasteiger partial charge in [-0.05, 0) is 31.4 Å². The normalized spacial score (nSPS) is 10.8. The zero-order valence-corrected chi connectivity index (χ0v) is 14.4. The molecule has 0 fully saturated rings. The molecule has 1 N–H and O–H groups in total. The molecule has 124 valence electrons. The zero-order valence-electron chi connectivity index (χ0n) is 14.4. The summed E-state index contributed by atoms with van der Waals surface area (Å²) in [6.07, 6.45) is 1.93. The van der Waals surface area contributed by atoms with Crippen molar-refractivity contribution in [2.24, 2.45) is 0 Å². The number of nitrogens with zero attached hydrogens (tertiary/aromatic N) is 4. The molecule has 0 aliphatic heterocycles. The minimum atomic E-state index is -0.0937. The third-order valence-electron chi connectivity index (χ3n) is 3.92. The Balaban J connectivity index is 1.80. The maximum absolute atomic E-state index is 12.4. The van der Waals surface area contributed by atoms with Crippen molar-refractivity contribution in [2.45, 2.75) is 20.4 Å². The Labute approximate surface area is 141 Å². The van der Waals surface area contributed by atoms with E-state index in [1.54, 1.807) is 0 Å². The first-order valence-electron chi connectivity index (χ1n) is 7.82. The van der Waals surface area contributed by atoms with E-state index in [1.165, 1.54) is 0 Å². The van der Waals surface area contributed by atoms with E-state index in [0.717, 1.165) is 22.3 Å². The molecule has 1 amide bonds. The van der Waals surface area contributed by atoms with Gasteiger partial charge >= 0.3 is 0 Å². The van der Waals surface area contributed by atoms with Crippen LogP contribution in [-0.2, 0) is 11.3 Å². The van der Waals surface area contributed by atoms with Gasteiger partial charge in [0.1, 0.15) is 6.54 Å². The largest absolute Gasteiger partial charge is 0.347 e. The van der Waals surface area contributed by atoms with Gasteiger partial charge in [-0.2, -0.15) is 0 Å². The molecule has 0 bridgehead atoms. The third-order valence-corrected chi connectivity index (χ3v) is 3.92. The molecule has 0 unspecified atom stereocenters. The van der Waals surface area contributed by atoms with Crippen LogP contribution in [0.2, 0.25) is 0 Å². The molecule has 3 rings (SSSR count). The lowest BCUT2D eigenvalue weighted by Crippen LogP contribution is -2.21. The molecule has 0 radical (unpaired) electrons. The Morgan fingerprint density at radius 3 is 2.46 bits per heavy atom. The summed E-state index contributed by atoms with van der Waals surface area (Å²) in [5.41, 5.74) is 3.25. The van der Waals surface area contributed by atoms with E-state index in [-0.39, 0.29) is 12.5 Å². The average molecular weight is 323 g/mol. The van der Waals surface area contributed by atoms with Gasteiger partial charge in [-0.3, -0.25) is 4.79 Å². The summed E-state index contributed by atoms with van der Waals surface area (Å²) in [6, 6.07) is 10.0. The van der Waals surface area contributed by atoms with Crippen LogP contribution in [0.5, 0.6) is 0 Å². The monoisotopic (exact) mass is 323 g/mol. The summed E-state index contributed by atoms with van der Waals surface area (Å²) in [4.78, 5) is 23.1. The van der Waals surface area contributed by atoms with Crippen molar-refractivity contribution in [3.05, 3.63) is 47.9 Å². The number of hydrogen-bond donors (Lipinski definition) is 1. The maximum atomic E-state index is 12.4. The second-order valence-corrected chi connectivity index (χ2v) is 6.01. The zero-order chi connectivity index (χ0) is 17.3. The van der Waals surface area contributed by atoms with Crippen LogP contribution in [0.1, 0.15) is 11.4 Å². The van der Waals surface area contributed by atoms with Gasteiger partial charge in [-0.15, -0.1) is 0 Å². The number of aryl methyl sites for hydroxylation is 2. The van der Waals surface area contributed by atoms with Crippen molar-refractivity contribution < 1.29 is 4.79 Å². The van der Waals surface area contributed by atoms with E-state index in [1.807, 2.05) is 73.9 Å². The molecule has 24 heavy (non-hydrogen) atoms. The lowest BCUT2D eigenvalue weighted by atomic mass is 10.2. The molecule has 3 aromatic rings. The highest BCUT2D eigenvalue weighted by Crippen LogP contribution is 2.20. The molecule has 1 aromatic carbocycles.